The normalized spacial score (nSPS) is 10.4. The molecule has 0 atom stereocenters. The van der Waals surface area contributed by atoms with Gasteiger partial charge in [-0.05, 0) is 52.3 Å². The fraction of sp³-hybridized carbons (Fsp3) is 0.462. The molecule has 1 aromatic carbocycles. The molecule has 0 fully saturated rings. The number of nitrogens with zero attached hydrogens (tertiary/aromatic N) is 2. The van der Waals surface area contributed by atoms with E-state index in [1.165, 1.54) is 6.07 Å². The van der Waals surface area contributed by atoms with Gasteiger partial charge in [0.25, 0.3) is 5.69 Å². The third-order valence-electron chi connectivity index (χ3n) is 2.73. The van der Waals surface area contributed by atoms with Gasteiger partial charge in [0.15, 0.2) is 5.11 Å². The van der Waals surface area contributed by atoms with Crippen LogP contribution in [0.4, 0.5) is 11.4 Å². The number of nitrogens with one attached hydrogen (secondary N) is 2. The highest BCUT2D eigenvalue weighted by molar-refractivity contribution is 7.80. The number of hydrogen-bond donors (Lipinski definition) is 2. The molecule has 0 saturated carbocycles. The molecule has 0 aliphatic heterocycles. The minimum atomic E-state index is -0.395. The van der Waals surface area contributed by atoms with E-state index in [-0.39, 0.29) is 5.69 Å². The summed E-state index contributed by atoms with van der Waals surface area (Å²) in [5.41, 5.74) is 1.34. The first kappa shape index (κ1) is 16.3. The summed E-state index contributed by atoms with van der Waals surface area (Å²) in [4.78, 5) is 12.6. The van der Waals surface area contributed by atoms with Crippen LogP contribution in [0.25, 0.3) is 0 Å². The van der Waals surface area contributed by atoms with Crippen LogP contribution < -0.4 is 10.6 Å². The van der Waals surface area contributed by atoms with Crippen molar-refractivity contribution in [3.63, 3.8) is 0 Å². The second kappa shape index (κ2) is 7.76. The Morgan fingerprint density at radius 3 is 2.75 bits per heavy atom. The van der Waals surface area contributed by atoms with Crippen LogP contribution in [0.15, 0.2) is 18.2 Å². The van der Waals surface area contributed by atoms with Gasteiger partial charge in [0.1, 0.15) is 0 Å². The predicted molar refractivity (Wildman–Crippen MR) is 85.2 cm³/mol. The van der Waals surface area contributed by atoms with Crippen molar-refractivity contribution in [2.45, 2.75) is 13.3 Å². The summed E-state index contributed by atoms with van der Waals surface area (Å²) in [6.07, 6.45) is 0.975. The highest BCUT2D eigenvalue weighted by Gasteiger charge is 2.11. The molecule has 0 aliphatic carbocycles. The maximum absolute atomic E-state index is 10.9. The summed E-state index contributed by atoms with van der Waals surface area (Å²) >= 11 is 5.15. The fourth-order valence-electron chi connectivity index (χ4n) is 1.66. The number of nitro groups is 1. The number of nitro benzene ring substituents is 1. The zero-order valence-corrected chi connectivity index (χ0v) is 12.8. The van der Waals surface area contributed by atoms with Crippen molar-refractivity contribution in [1.29, 1.82) is 0 Å². The lowest BCUT2D eigenvalue weighted by molar-refractivity contribution is -0.385. The van der Waals surface area contributed by atoms with Gasteiger partial charge in [-0.3, -0.25) is 10.1 Å². The van der Waals surface area contributed by atoms with Crippen LogP contribution >= 0.6 is 12.2 Å². The first-order valence-corrected chi connectivity index (χ1v) is 6.75. The summed E-state index contributed by atoms with van der Waals surface area (Å²) in [6, 6.07) is 4.97. The predicted octanol–water partition coefficient (Wildman–Crippen LogP) is 2.14. The van der Waals surface area contributed by atoms with E-state index in [1.807, 2.05) is 14.1 Å². The Morgan fingerprint density at radius 1 is 1.45 bits per heavy atom. The molecular formula is C13H20N4O2S. The fourth-order valence-corrected chi connectivity index (χ4v) is 1.88. The summed E-state index contributed by atoms with van der Waals surface area (Å²) in [6.45, 7) is 3.45. The van der Waals surface area contributed by atoms with Crippen molar-refractivity contribution in [2.24, 2.45) is 0 Å². The smallest absolute Gasteiger partial charge is 0.274 e. The molecule has 6 nitrogen and oxygen atoms in total. The molecule has 110 valence electrons. The van der Waals surface area contributed by atoms with Gasteiger partial charge < -0.3 is 15.5 Å². The molecule has 0 aromatic heterocycles. The molecule has 20 heavy (non-hydrogen) atoms. The first-order valence-electron chi connectivity index (χ1n) is 6.35. The van der Waals surface area contributed by atoms with Crippen LogP contribution in [-0.2, 0) is 0 Å². The van der Waals surface area contributed by atoms with Crippen molar-refractivity contribution >= 4 is 28.7 Å². The van der Waals surface area contributed by atoms with E-state index in [4.69, 9.17) is 12.2 Å². The van der Waals surface area contributed by atoms with Gasteiger partial charge in [-0.2, -0.15) is 0 Å². The molecule has 7 heteroatoms. The zero-order chi connectivity index (χ0) is 15.1. The van der Waals surface area contributed by atoms with Crippen LogP contribution in [0.3, 0.4) is 0 Å². The lowest BCUT2D eigenvalue weighted by Crippen LogP contribution is -2.30. The Labute approximate surface area is 124 Å². The Kier molecular flexibility index (Phi) is 6.33. The highest BCUT2D eigenvalue weighted by Crippen LogP contribution is 2.22. The SMILES string of the molecule is Cc1ccc(NC(=S)NCCCN(C)C)cc1[N+](=O)[O-]. The second-order valence-electron chi connectivity index (χ2n) is 4.80. The average molecular weight is 296 g/mol. The van der Waals surface area contributed by atoms with E-state index in [9.17, 15) is 10.1 Å². The van der Waals surface area contributed by atoms with Crippen molar-refractivity contribution < 1.29 is 4.92 Å². The monoisotopic (exact) mass is 296 g/mol. The number of rotatable bonds is 6. The molecular weight excluding hydrogens is 276 g/mol. The molecule has 0 bridgehead atoms. The van der Waals surface area contributed by atoms with Gasteiger partial charge >= 0.3 is 0 Å². The van der Waals surface area contributed by atoms with Crippen LogP contribution in [0.5, 0.6) is 0 Å². The number of anilines is 1. The van der Waals surface area contributed by atoms with E-state index in [0.29, 0.717) is 16.4 Å². The molecule has 0 radical (unpaired) electrons. The third-order valence-corrected chi connectivity index (χ3v) is 2.98. The molecule has 1 aromatic rings. The maximum Gasteiger partial charge on any atom is 0.274 e. The second-order valence-corrected chi connectivity index (χ2v) is 5.20. The molecule has 1 rings (SSSR count). The van der Waals surface area contributed by atoms with Crippen LogP contribution in [0.2, 0.25) is 0 Å². The summed E-state index contributed by atoms with van der Waals surface area (Å²) in [7, 11) is 4.03. The van der Waals surface area contributed by atoms with E-state index in [0.717, 1.165) is 19.5 Å². The van der Waals surface area contributed by atoms with Crippen LogP contribution in [-0.4, -0.2) is 42.1 Å². The largest absolute Gasteiger partial charge is 0.362 e. The van der Waals surface area contributed by atoms with Crippen molar-refractivity contribution in [2.75, 3.05) is 32.5 Å². The van der Waals surface area contributed by atoms with Gasteiger partial charge in [0.2, 0.25) is 0 Å². The Hall–Kier alpha value is -1.73. The molecule has 0 amide bonds. The summed E-state index contributed by atoms with van der Waals surface area (Å²) < 4.78 is 0. The number of aryl methyl sites for hydroxylation is 1. The van der Waals surface area contributed by atoms with E-state index in [2.05, 4.69) is 15.5 Å². The highest BCUT2D eigenvalue weighted by atomic mass is 32.1. The lowest BCUT2D eigenvalue weighted by Gasteiger charge is -2.12. The molecule has 0 heterocycles. The number of thiocarbonyl (C=S) groups is 1. The van der Waals surface area contributed by atoms with Gasteiger partial charge in [0, 0.05) is 23.9 Å². The zero-order valence-electron chi connectivity index (χ0n) is 12.0. The molecule has 0 aliphatic rings. The standard InChI is InChI=1S/C13H20N4O2S/c1-10-5-6-11(9-12(10)17(18)19)15-13(20)14-7-4-8-16(2)3/h5-6,9H,4,7-8H2,1-3H3,(H2,14,15,20). The average Bonchev–Trinajstić information content (AvgIpc) is 2.36. The molecule has 2 N–H and O–H groups in total. The lowest BCUT2D eigenvalue weighted by atomic mass is 10.2. The quantitative estimate of drug-likeness (QED) is 0.363. The van der Waals surface area contributed by atoms with E-state index >= 15 is 0 Å². The minimum absolute atomic E-state index is 0.0883. The number of benzene rings is 1. The summed E-state index contributed by atoms with van der Waals surface area (Å²) in [5, 5.41) is 17.4. The maximum atomic E-state index is 10.9. The Bertz CT molecular complexity index is 491. The van der Waals surface area contributed by atoms with Crippen molar-refractivity contribution in [3.05, 3.63) is 33.9 Å². The molecule has 0 saturated heterocycles. The van der Waals surface area contributed by atoms with Crippen molar-refractivity contribution in [3.8, 4) is 0 Å². The van der Waals surface area contributed by atoms with Crippen LogP contribution in [0.1, 0.15) is 12.0 Å². The topological polar surface area (TPSA) is 70.4 Å². The minimum Gasteiger partial charge on any atom is -0.362 e. The molecule has 0 unspecified atom stereocenters. The van der Waals surface area contributed by atoms with Gasteiger partial charge in [-0.25, -0.2) is 0 Å². The first-order chi connectivity index (χ1) is 9.40. The van der Waals surface area contributed by atoms with Crippen molar-refractivity contribution in [1.82, 2.24) is 10.2 Å². The van der Waals surface area contributed by atoms with E-state index < -0.39 is 4.92 Å². The number of hydrogen-bond acceptors (Lipinski definition) is 4. The van der Waals surface area contributed by atoms with Gasteiger partial charge in [-0.1, -0.05) is 6.07 Å². The summed E-state index contributed by atoms with van der Waals surface area (Å²) in [5.74, 6) is 0. The Morgan fingerprint density at radius 2 is 2.15 bits per heavy atom. The van der Waals surface area contributed by atoms with Gasteiger partial charge in [0.05, 0.1) is 4.92 Å². The third kappa shape index (κ3) is 5.50. The van der Waals surface area contributed by atoms with E-state index in [1.54, 1.807) is 19.1 Å². The van der Waals surface area contributed by atoms with Crippen LogP contribution in [0, 0.1) is 17.0 Å². The molecule has 0 spiro atoms. The Balaban J connectivity index is 2.50. The van der Waals surface area contributed by atoms with Gasteiger partial charge in [-0.15, -0.1) is 0 Å².